The molecule has 8 nitrogen and oxygen atoms in total. The summed E-state index contributed by atoms with van der Waals surface area (Å²) in [5.74, 6) is -1.08. The summed E-state index contributed by atoms with van der Waals surface area (Å²) in [6.07, 6.45) is -1.46. The van der Waals surface area contributed by atoms with Crippen LogP contribution in [0.3, 0.4) is 0 Å². The summed E-state index contributed by atoms with van der Waals surface area (Å²) in [6, 6.07) is 5.68. The Kier molecular flexibility index (Phi) is 10.0. The Balaban J connectivity index is 2.92. The fraction of sp³-hybridized carbons (Fsp3) is 0.526. The number of halogens is 2. The molecule has 1 aromatic carbocycles. The second-order valence-corrected chi connectivity index (χ2v) is 7.96. The maximum absolute atomic E-state index is 12.6. The number of benzene rings is 1. The number of anilines is 2. The molecule has 0 heterocycles. The van der Waals surface area contributed by atoms with Gasteiger partial charge in [-0.3, -0.25) is 9.59 Å². The highest BCUT2D eigenvalue weighted by atomic mass is 35.5. The van der Waals surface area contributed by atoms with Gasteiger partial charge in [-0.2, -0.15) is 0 Å². The van der Waals surface area contributed by atoms with Gasteiger partial charge < -0.3 is 25.4 Å². The quantitative estimate of drug-likeness (QED) is 0.474. The number of aliphatic carboxylic acids is 1. The van der Waals surface area contributed by atoms with Gasteiger partial charge in [0.1, 0.15) is 11.6 Å². The minimum atomic E-state index is -1.30. The molecule has 0 aliphatic heterocycles. The number of amides is 2. The molecule has 29 heavy (non-hydrogen) atoms. The number of hydrogen-bond acceptors (Lipinski definition) is 5. The van der Waals surface area contributed by atoms with Gasteiger partial charge in [0.2, 0.25) is 5.91 Å². The Morgan fingerprint density at radius 2 is 1.79 bits per heavy atom. The Morgan fingerprint density at radius 1 is 1.17 bits per heavy atom. The number of hydrogen-bond donors (Lipinski definition) is 3. The summed E-state index contributed by atoms with van der Waals surface area (Å²) in [4.78, 5) is 37.6. The highest BCUT2D eigenvalue weighted by molar-refractivity contribution is 6.18. The van der Waals surface area contributed by atoms with E-state index in [0.29, 0.717) is 30.5 Å². The first-order valence-corrected chi connectivity index (χ1v) is 10.1. The normalized spacial score (nSPS) is 12.0. The first-order chi connectivity index (χ1) is 13.6. The minimum Gasteiger partial charge on any atom is -0.481 e. The molecule has 0 saturated heterocycles. The third kappa shape index (κ3) is 9.71. The molecule has 0 radical (unpaired) electrons. The van der Waals surface area contributed by atoms with Crippen LogP contribution >= 0.6 is 23.2 Å². The van der Waals surface area contributed by atoms with E-state index in [1.165, 1.54) is 0 Å². The number of nitrogens with zero attached hydrogens (tertiary/aromatic N) is 1. The molecule has 0 aliphatic rings. The number of alkyl halides is 2. The molecule has 162 valence electrons. The van der Waals surface area contributed by atoms with Crippen molar-refractivity contribution >= 4 is 52.5 Å². The van der Waals surface area contributed by atoms with E-state index in [0.717, 1.165) is 5.69 Å². The number of alkyl carbamates (subject to hydrolysis) is 1. The van der Waals surface area contributed by atoms with Crippen LogP contribution in [0.1, 0.15) is 27.2 Å². The van der Waals surface area contributed by atoms with Crippen LogP contribution < -0.4 is 15.5 Å². The average Bonchev–Trinajstić information content (AvgIpc) is 2.59. The lowest BCUT2D eigenvalue weighted by Crippen LogP contribution is -2.46. The summed E-state index contributed by atoms with van der Waals surface area (Å²) >= 11 is 11.7. The lowest BCUT2D eigenvalue weighted by atomic mass is 10.1. The second kappa shape index (κ2) is 11.7. The SMILES string of the molecule is CC(C)(C)OC(=O)N[C@H](CC(=O)O)C(=O)Nc1cccc(N(CCCl)CCCl)c1. The fourth-order valence-corrected chi connectivity index (χ4v) is 2.83. The average molecular weight is 448 g/mol. The van der Waals surface area contributed by atoms with Gasteiger partial charge in [-0.05, 0) is 39.0 Å². The first-order valence-electron chi connectivity index (χ1n) is 9.05. The van der Waals surface area contributed by atoms with Crippen molar-refractivity contribution in [1.29, 1.82) is 0 Å². The molecule has 1 atom stereocenters. The number of carboxylic acids is 1. The van der Waals surface area contributed by atoms with E-state index in [-0.39, 0.29) is 0 Å². The van der Waals surface area contributed by atoms with Crippen LogP contribution in [0.25, 0.3) is 0 Å². The van der Waals surface area contributed by atoms with Gasteiger partial charge in [0.05, 0.1) is 6.42 Å². The molecule has 0 saturated carbocycles. The molecule has 1 aromatic rings. The molecule has 0 spiro atoms. The lowest BCUT2D eigenvalue weighted by Gasteiger charge is -2.24. The number of rotatable bonds is 10. The van der Waals surface area contributed by atoms with Gasteiger partial charge >= 0.3 is 12.1 Å². The number of ether oxygens (including phenoxy) is 1. The van der Waals surface area contributed by atoms with Crippen molar-refractivity contribution in [3.63, 3.8) is 0 Å². The predicted octanol–water partition coefficient (Wildman–Crippen LogP) is 3.28. The van der Waals surface area contributed by atoms with E-state index in [1.807, 2.05) is 11.0 Å². The van der Waals surface area contributed by atoms with E-state index in [4.69, 9.17) is 33.0 Å². The largest absolute Gasteiger partial charge is 0.481 e. The van der Waals surface area contributed by atoms with E-state index < -0.39 is 36.0 Å². The van der Waals surface area contributed by atoms with Crippen molar-refractivity contribution in [3.05, 3.63) is 24.3 Å². The van der Waals surface area contributed by atoms with Crippen molar-refractivity contribution < 1.29 is 24.2 Å². The Labute approximate surface area is 180 Å². The Morgan fingerprint density at radius 3 is 2.31 bits per heavy atom. The smallest absolute Gasteiger partial charge is 0.408 e. The summed E-state index contributed by atoms with van der Waals surface area (Å²) in [5, 5.41) is 14.0. The zero-order valence-electron chi connectivity index (χ0n) is 16.7. The maximum Gasteiger partial charge on any atom is 0.408 e. The maximum atomic E-state index is 12.6. The number of carbonyl (C=O) groups is 3. The molecule has 0 bridgehead atoms. The summed E-state index contributed by atoms with van der Waals surface area (Å²) in [6.45, 7) is 6.15. The van der Waals surface area contributed by atoms with Crippen molar-refractivity contribution in [2.75, 3.05) is 35.1 Å². The highest BCUT2D eigenvalue weighted by Crippen LogP contribution is 2.20. The molecule has 0 unspecified atom stereocenters. The molecule has 3 N–H and O–H groups in total. The summed E-state index contributed by atoms with van der Waals surface area (Å²) in [7, 11) is 0. The van der Waals surface area contributed by atoms with E-state index in [2.05, 4.69) is 10.6 Å². The number of carbonyl (C=O) groups excluding carboxylic acids is 2. The topological polar surface area (TPSA) is 108 Å². The third-order valence-electron chi connectivity index (χ3n) is 3.57. The Bertz CT molecular complexity index is 703. The van der Waals surface area contributed by atoms with Gasteiger partial charge in [0, 0.05) is 36.2 Å². The minimum absolute atomic E-state index is 0.411. The van der Waals surface area contributed by atoms with Crippen LogP contribution in [0.4, 0.5) is 16.2 Å². The second-order valence-electron chi connectivity index (χ2n) is 7.20. The van der Waals surface area contributed by atoms with Gasteiger partial charge in [-0.1, -0.05) is 6.07 Å². The molecular formula is C19H27Cl2N3O5. The molecule has 2 amide bonds. The zero-order chi connectivity index (χ0) is 22.0. The fourth-order valence-electron chi connectivity index (χ4n) is 2.42. The molecule has 1 rings (SSSR count). The van der Waals surface area contributed by atoms with Crippen LogP contribution in [0.5, 0.6) is 0 Å². The van der Waals surface area contributed by atoms with E-state index in [1.54, 1.807) is 39.0 Å². The standard InChI is InChI=1S/C19H27Cl2N3O5/c1-19(2,3)29-18(28)23-15(12-16(25)26)17(27)22-13-5-4-6-14(11-13)24(9-7-20)10-8-21/h4-6,11,15H,7-10,12H2,1-3H3,(H,22,27)(H,23,28)(H,25,26)/t15-/m1/s1. The van der Waals surface area contributed by atoms with Crippen LogP contribution in [0, 0.1) is 0 Å². The monoisotopic (exact) mass is 447 g/mol. The highest BCUT2D eigenvalue weighted by Gasteiger charge is 2.26. The van der Waals surface area contributed by atoms with Crippen LogP contribution in [0.15, 0.2) is 24.3 Å². The number of carboxylic acid groups (broad SMARTS) is 1. The summed E-state index contributed by atoms with van der Waals surface area (Å²) in [5.41, 5.74) is 0.471. The summed E-state index contributed by atoms with van der Waals surface area (Å²) < 4.78 is 5.10. The van der Waals surface area contributed by atoms with Crippen LogP contribution in [0.2, 0.25) is 0 Å². The third-order valence-corrected chi connectivity index (χ3v) is 3.91. The molecule has 0 aromatic heterocycles. The molecule has 0 fully saturated rings. The molecule has 10 heteroatoms. The van der Waals surface area contributed by atoms with Gasteiger partial charge in [0.25, 0.3) is 0 Å². The Hall–Kier alpha value is -2.19. The van der Waals surface area contributed by atoms with Gasteiger partial charge in [-0.15, -0.1) is 23.2 Å². The van der Waals surface area contributed by atoms with E-state index >= 15 is 0 Å². The van der Waals surface area contributed by atoms with Crippen molar-refractivity contribution in [2.24, 2.45) is 0 Å². The van der Waals surface area contributed by atoms with Gasteiger partial charge in [0.15, 0.2) is 0 Å². The van der Waals surface area contributed by atoms with Crippen LogP contribution in [-0.2, 0) is 14.3 Å². The van der Waals surface area contributed by atoms with Crippen molar-refractivity contribution in [3.8, 4) is 0 Å². The molecule has 0 aliphatic carbocycles. The van der Waals surface area contributed by atoms with Crippen LogP contribution in [-0.4, -0.2) is 59.6 Å². The number of nitrogens with one attached hydrogen (secondary N) is 2. The zero-order valence-corrected chi connectivity index (χ0v) is 18.2. The molecular weight excluding hydrogens is 421 g/mol. The first kappa shape index (κ1) is 24.8. The lowest BCUT2D eigenvalue weighted by molar-refractivity contribution is -0.139. The van der Waals surface area contributed by atoms with Crippen molar-refractivity contribution in [2.45, 2.75) is 38.8 Å². The predicted molar refractivity (Wildman–Crippen MR) is 114 cm³/mol. The van der Waals surface area contributed by atoms with E-state index in [9.17, 15) is 14.4 Å². The van der Waals surface area contributed by atoms with Gasteiger partial charge in [-0.25, -0.2) is 4.79 Å². The van der Waals surface area contributed by atoms with Crippen molar-refractivity contribution in [1.82, 2.24) is 5.32 Å².